The molecule has 0 saturated heterocycles. The zero-order valence-electron chi connectivity index (χ0n) is 12.6. The molecule has 2 N–H and O–H groups in total. The molecule has 0 aliphatic heterocycles. The fourth-order valence-electron chi connectivity index (χ4n) is 2.16. The van der Waals surface area contributed by atoms with Gasteiger partial charge >= 0.3 is 5.76 Å². The van der Waals surface area contributed by atoms with Crippen molar-refractivity contribution in [2.45, 2.75) is 6.54 Å². The van der Waals surface area contributed by atoms with Gasteiger partial charge in [0.2, 0.25) is 0 Å². The Bertz CT molecular complexity index is 1110. The number of thiazole rings is 1. The van der Waals surface area contributed by atoms with E-state index in [-0.39, 0.29) is 23.7 Å². The summed E-state index contributed by atoms with van der Waals surface area (Å²) in [5.41, 5.74) is 0.144. The third kappa shape index (κ3) is 2.88. The molecular formula is C15H13N3O5S. The largest absolute Gasteiger partial charge is 0.504 e. The van der Waals surface area contributed by atoms with Crippen LogP contribution >= 0.6 is 11.3 Å². The summed E-state index contributed by atoms with van der Waals surface area (Å²) in [6.45, 7) is 3.87. The third-order valence-electron chi connectivity index (χ3n) is 3.31. The fourth-order valence-corrected chi connectivity index (χ4v) is 3.06. The normalized spacial score (nSPS) is 11.8. The van der Waals surface area contributed by atoms with Crippen LogP contribution < -0.4 is 25.2 Å². The lowest BCUT2D eigenvalue weighted by Crippen LogP contribution is -2.31. The van der Waals surface area contributed by atoms with Gasteiger partial charge in [-0.25, -0.2) is 4.79 Å². The number of phenols is 1. The molecule has 2 aromatic heterocycles. The van der Waals surface area contributed by atoms with Crippen molar-refractivity contribution in [3.63, 3.8) is 0 Å². The number of nitrogens with one attached hydrogen (secondary N) is 1. The van der Waals surface area contributed by atoms with Crippen LogP contribution in [-0.2, 0) is 6.54 Å². The number of benzene rings is 1. The highest BCUT2D eigenvalue weighted by Crippen LogP contribution is 2.29. The van der Waals surface area contributed by atoms with Crippen LogP contribution in [0.5, 0.6) is 11.5 Å². The molecule has 2 heterocycles. The summed E-state index contributed by atoms with van der Waals surface area (Å²) >= 11 is 1.17. The van der Waals surface area contributed by atoms with Crippen molar-refractivity contribution in [2.75, 3.05) is 7.11 Å². The fraction of sp³-hybridized carbons (Fsp3) is 0.133. The van der Waals surface area contributed by atoms with Crippen LogP contribution in [0.3, 0.4) is 0 Å². The number of phenolic OH excluding ortho intramolecular Hbond substituents is 1. The Kier molecular flexibility index (Phi) is 4.09. The Labute approximate surface area is 138 Å². The van der Waals surface area contributed by atoms with E-state index in [0.717, 1.165) is 0 Å². The quantitative estimate of drug-likeness (QED) is 0.664. The number of rotatable bonds is 4. The molecule has 9 heteroatoms. The molecule has 0 aliphatic rings. The maximum absolute atomic E-state index is 12.5. The highest BCUT2D eigenvalue weighted by atomic mass is 32.1. The first kappa shape index (κ1) is 15.8. The SMILES string of the molecule is C=c1s/c(=C\c2cccc(OC)c2O)c(=O)n1Cc1noc(=O)[nH]1. The third-order valence-corrected chi connectivity index (χ3v) is 4.28. The second kappa shape index (κ2) is 6.20. The molecule has 0 aliphatic carbocycles. The van der Waals surface area contributed by atoms with E-state index in [2.05, 4.69) is 21.2 Å². The summed E-state index contributed by atoms with van der Waals surface area (Å²) in [6, 6.07) is 4.99. The predicted molar refractivity (Wildman–Crippen MR) is 87.8 cm³/mol. The van der Waals surface area contributed by atoms with Crippen LogP contribution in [0.2, 0.25) is 0 Å². The minimum absolute atomic E-state index is 0.0395. The lowest BCUT2D eigenvalue weighted by molar-refractivity contribution is 0.373. The van der Waals surface area contributed by atoms with Gasteiger partial charge in [-0.2, -0.15) is 0 Å². The number of para-hydroxylation sites is 1. The van der Waals surface area contributed by atoms with Crippen LogP contribution in [0.15, 0.2) is 32.3 Å². The Hall–Kier alpha value is -3.07. The number of aromatic amines is 1. The van der Waals surface area contributed by atoms with Crippen molar-refractivity contribution >= 4 is 24.0 Å². The molecule has 0 radical (unpaired) electrons. The first-order chi connectivity index (χ1) is 11.5. The molecule has 0 unspecified atom stereocenters. The van der Waals surface area contributed by atoms with Crippen molar-refractivity contribution in [3.05, 3.63) is 59.7 Å². The Morgan fingerprint density at radius 1 is 1.50 bits per heavy atom. The highest BCUT2D eigenvalue weighted by molar-refractivity contribution is 7.07. The van der Waals surface area contributed by atoms with Crippen molar-refractivity contribution in [2.24, 2.45) is 0 Å². The lowest BCUT2D eigenvalue weighted by atomic mass is 10.2. The molecule has 0 atom stereocenters. The Morgan fingerprint density at radius 2 is 2.29 bits per heavy atom. The summed E-state index contributed by atoms with van der Waals surface area (Å²) in [5, 5.41) is 13.6. The summed E-state index contributed by atoms with van der Waals surface area (Å²) < 4.78 is 11.7. The maximum atomic E-state index is 12.5. The van der Waals surface area contributed by atoms with Crippen molar-refractivity contribution in [1.82, 2.24) is 14.7 Å². The molecule has 0 bridgehead atoms. The standard InChI is InChI=1S/C15H13N3O5S/c1-8-18(7-12-16-15(21)23-17-12)14(20)11(24-8)6-9-4-3-5-10(22-2)13(9)19/h3-6,19H,1,7H2,2H3,(H,16,17,21)/b11-6-. The number of aromatic nitrogens is 3. The average Bonchev–Trinajstić information content (AvgIpc) is 3.08. The van der Waals surface area contributed by atoms with Gasteiger partial charge < -0.3 is 9.84 Å². The van der Waals surface area contributed by atoms with Gasteiger partial charge in [0.1, 0.15) is 0 Å². The molecule has 3 rings (SSSR count). The van der Waals surface area contributed by atoms with Gasteiger partial charge in [-0.3, -0.25) is 18.9 Å². The number of methoxy groups -OCH3 is 1. The predicted octanol–water partition coefficient (Wildman–Crippen LogP) is -0.412. The molecule has 124 valence electrons. The number of aromatic hydroxyl groups is 1. The maximum Gasteiger partial charge on any atom is 0.438 e. The van der Waals surface area contributed by atoms with E-state index < -0.39 is 5.76 Å². The average molecular weight is 347 g/mol. The van der Waals surface area contributed by atoms with E-state index in [9.17, 15) is 14.7 Å². The zero-order chi connectivity index (χ0) is 17.3. The first-order valence-corrected chi connectivity index (χ1v) is 7.62. The van der Waals surface area contributed by atoms with Gasteiger partial charge in [0.25, 0.3) is 5.56 Å². The molecule has 0 fully saturated rings. The summed E-state index contributed by atoms with van der Waals surface area (Å²) in [6.07, 6.45) is 1.56. The topological polar surface area (TPSA) is 110 Å². The summed E-state index contributed by atoms with van der Waals surface area (Å²) in [4.78, 5) is 25.9. The Balaban J connectivity index is 2.08. The number of ether oxygens (including phenoxy) is 1. The van der Waals surface area contributed by atoms with Gasteiger partial charge in [0.05, 0.1) is 22.8 Å². The number of nitrogens with zero attached hydrogens (tertiary/aromatic N) is 2. The van der Waals surface area contributed by atoms with E-state index in [1.807, 2.05) is 0 Å². The van der Waals surface area contributed by atoms with Gasteiger partial charge in [0, 0.05) is 5.56 Å². The van der Waals surface area contributed by atoms with Gasteiger partial charge in [0.15, 0.2) is 17.3 Å². The minimum atomic E-state index is -0.688. The van der Waals surface area contributed by atoms with E-state index >= 15 is 0 Å². The molecular weight excluding hydrogens is 334 g/mol. The van der Waals surface area contributed by atoms with Crippen molar-refractivity contribution in [3.8, 4) is 11.5 Å². The monoisotopic (exact) mass is 347 g/mol. The first-order valence-electron chi connectivity index (χ1n) is 6.80. The van der Waals surface area contributed by atoms with Crippen LogP contribution in [0.1, 0.15) is 11.4 Å². The van der Waals surface area contributed by atoms with Gasteiger partial charge in [-0.05, 0) is 12.1 Å². The molecule has 0 amide bonds. The van der Waals surface area contributed by atoms with Crippen molar-refractivity contribution < 1.29 is 14.4 Å². The smallest absolute Gasteiger partial charge is 0.438 e. The van der Waals surface area contributed by atoms with Crippen LogP contribution in [0, 0.1) is 0 Å². The van der Waals surface area contributed by atoms with Gasteiger partial charge in [-0.1, -0.05) is 23.9 Å². The second-order valence-electron chi connectivity index (χ2n) is 4.84. The number of hydrogen-bond donors (Lipinski definition) is 2. The van der Waals surface area contributed by atoms with E-state index in [1.165, 1.54) is 23.0 Å². The molecule has 0 spiro atoms. The van der Waals surface area contributed by atoms with Crippen molar-refractivity contribution in [1.29, 1.82) is 0 Å². The zero-order valence-corrected chi connectivity index (χ0v) is 13.4. The van der Waals surface area contributed by atoms with Crippen LogP contribution in [0.25, 0.3) is 12.7 Å². The molecule has 3 aromatic rings. The summed E-state index contributed by atoms with van der Waals surface area (Å²) in [7, 11) is 1.45. The van der Waals surface area contributed by atoms with Gasteiger partial charge in [-0.15, -0.1) is 11.3 Å². The van der Waals surface area contributed by atoms with E-state index in [4.69, 9.17) is 4.74 Å². The van der Waals surface area contributed by atoms with E-state index in [0.29, 0.717) is 20.5 Å². The van der Waals surface area contributed by atoms with Crippen LogP contribution in [-0.4, -0.2) is 26.9 Å². The highest BCUT2D eigenvalue weighted by Gasteiger charge is 2.09. The Morgan fingerprint density at radius 3 is 2.96 bits per heavy atom. The minimum Gasteiger partial charge on any atom is -0.504 e. The molecule has 24 heavy (non-hydrogen) atoms. The number of hydrogen-bond acceptors (Lipinski definition) is 7. The molecule has 8 nitrogen and oxygen atoms in total. The van der Waals surface area contributed by atoms with E-state index in [1.54, 1.807) is 24.3 Å². The molecule has 1 aromatic carbocycles. The van der Waals surface area contributed by atoms with Crippen LogP contribution in [0.4, 0.5) is 0 Å². The number of H-pyrrole nitrogens is 1. The molecule has 0 saturated carbocycles. The second-order valence-corrected chi connectivity index (χ2v) is 5.95. The summed E-state index contributed by atoms with van der Waals surface area (Å²) in [5.74, 6) is -0.200. The lowest BCUT2D eigenvalue weighted by Gasteiger charge is -2.04.